The first-order chi connectivity index (χ1) is 9.08. The van der Waals surface area contributed by atoms with Crippen LogP contribution in [0.5, 0.6) is 0 Å². The van der Waals surface area contributed by atoms with Gasteiger partial charge in [-0.05, 0) is 49.6 Å². The third-order valence-electron chi connectivity index (χ3n) is 3.70. The van der Waals surface area contributed by atoms with Crippen molar-refractivity contribution in [2.24, 2.45) is 0 Å². The van der Waals surface area contributed by atoms with E-state index < -0.39 is 0 Å². The maximum absolute atomic E-state index is 12.4. The van der Waals surface area contributed by atoms with Crippen molar-refractivity contribution in [3.05, 3.63) is 33.8 Å². The van der Waals surface area contributed by atoms with Gasteiger partial charge in [-0.2, -0.15) is 0 Å². The lowest BCUT2D eigenvalue weighted by atomic mass is 10.0. The molecule has 1 fully saturated rings. The second-order valence-electron chi connectivity index (χ2n) is 5.27. The van der Waals surface area contributed by atoms with E-state index in [0.717, 1.165) is 23.9 Å². The smallest absolute Gasteiger partial charge is 0.239 e. The van der Waals surface area contributed by atoms with Crippen molar-refractivity contribution in [3.63, 3.8) is 0 Å². The lowest BCUT2D eigenvalue weighted by molar-refractivity contribution is -0.133. The Morgan fingerprint density at radius 3 is 2.95 bits per heavy atom. The van der Waals surface area contributed by atoms with Crippen LogP contribution in [0.4, 0.5) is 0 Å². The van der Waals surface area contributed by atoms with Crippen LogP contribution in [-0.4, -0.2) is 30.4 Å². The minimum absolute atomic E-state index is 0.00575. The zero-order valence-corrected chi connectivity index (χ0v) is 13.2. The summed E-state index contributed by atoms with van der Waals surface area (Å²) in [6, 6.07) is 6.21. The SMILES string of the molecule is Cc1ccc(Br)cc1CN(C)C(=O)C1CCCCN1. The molecule has 0 radical (unpaired) electrons. The van der Waals surface area contributed by atoms with Gasteiger partial charge in [-0.15, -0.1) is 0 Å². The summed E-state index contributed by atoms with van der Waals surface area (Å²) in [6.07, 6.45) is 3.28. The molecule has 0 spiro atoms. The fourth-order valence-electron chi connectivity index (χ4n) is 2.47. The maximum Gasteiger partial charge on any atom is 0.239 e. The zero-order valence-electron chi connectivity index (χ0n) is 11.6. The highest BCUT2D eigenvalue weighted by atomic mass is 79.9. The van der Waals surface area contributed by atoms with E-state index in [-0.39, 0.29) is 11.9 Å². The molecule has 1 aliphatic heterocycles. The van der Waals surface area contributed by atoms with Crippen LogP contribution in [0.3, 0.4) is 0 Å². The van der Waals surface area contributed by atoms with Crippen LogP contribution in [0, 0.1) is 6.92 Å². The van der Waals surface area contributed by atoms with E-state index in [1.807, 2.05) is 18.0 Å². The largest absolute Gasteiger partial charge is 0.340 e. The molecule has 1 N–H and O–H groups in total. The van der Waals surface area contributed by atoms with Gasteiger partial charge in [0.1, 0.15) is 0 Å². The van der Waals surface area contributed by atoms with Gasteiger partial charge in [0.2, 0.25) is 5.91 Å². The first kappa shape index (κ1) is 14.5. The molecule has 1 atom stereocenters. The number of aryl methyl sites for hydroxylation is 1. The highest BCUT2D eigenvalue weighted by Gasteiger charge is 2.23. The van der Waals surface area contributed by atoms with Gasteiger partial charge >= 0.3 is 0 Å². The first-order valence-corrected chi connectivity index (χ1v) is 7.60. The van der Waals surface area contributed by atoms with Crippen molar-refractivity contribution in [1.82, 2.24) is 10.2 Å². The number of amides is 1. The van der Waals surface area contributed by atoms with Crippen LogP contribution in [0.15, 0.2) is 22.7 Å². The summed E-state index contributed by atoms with van der Waals surface area (Å²) in [7, 11) is 1.89. The maximum atomic E-state index is 12.4. The molecule has 1 amide bonds. The monoisotopic (exact) mass is 324 g/mol. The third-order valence-corrected chi connectivity index (χ3v) is 4.20. The molecular formula is C15H21BrN2O. The topological polar surface area (TPSA) is 32.3 Å². The average molecular weight is 325 g/mol. The van der Waals surface area contributed by atoms with Crippen LogP contribution < -0.4 is 5.32 Å². The van der Waals surface area contributed by atoms with Gasteiger partial charge in [0.05, 0.1) is 6.04 Å². The molecule has 104 valence electrons. The van der Waals surface area contributed by atoms with Crippen LogP contribution in [0.25, 0.3) is 0 Å². The normalized spacial score (nSPS) is 19.2. The lowest BCUT2D eigenvalue weighted by Gasteiger charge is -2.28. The Morgan fingerprint density at radius 1 is 1.47 bits per heavy atom. The number of benzene rings is 1. The average Bonchev–Trinajstić information content (AvgIpc) is 2.43. The Morgan fingerprint density at radius 2 is 2.26 bits per heavy atom. The Hall–Kier alpha value is -0.870. The minimum Gasteiger partial charge on any atom is -0.340 e. The van der Waals surface area contributed by atoms with Crippen LogP contribution in [-0.2, 0) is 11.3 Å². The quantitative estimate of drug-likeness (QED) is 0.927. The van der Waals surface area contributed by atoms with Crippen molar-refractivity contribution in [1.29, 1.82) is 0 Å². The van der Waals surface area contributed by atoms with E-state index in [0.29, 0.717) is 6.54 Å². The highest BCUT2D eigenvalue weighted by molar-refractivity contribution is 9.10. The summed E-state index contributed by atoms with van der Waals surface area (Å²) >= 11 is 3.48. The molecule has 3 nitrogen and oxygen atoms in total. The van der Waals surface area contributed by atoms with Crippen molar-refractivity contribution in [2.45, 2.75) is 38.8 Å². The molecule has 1 heterocycles. The molecule has 1 aromatic carbocycles. The van der Waals surface area contributed by atoms with Crippen molar-refractivity contribution in [3.8, 4) is 0 Å². The summed E-state index contributed by atoms with van der Waals surface area (Å²) in [5.74, 6) is 0.207. The second kappa shape index (κ2) is 6.53. The summed E-state index contributed by atoms with van der Waals surface area (Å²) in [6.45, 7) is 3.71. The van der Waals surface area contributed by atoms with E-state index in [2.05, 4.69) is 40.3 Å². The standard InChI is InChI=1S/C15H21BrN2O/c1-11-6-7-13(16)9-12(11)10-18(2)15(19)14-5-3-4-8-17-14/h6-7,9,14,17H,3-5,8,10H2,1-2H3. The van der Waals surface area contributed by atoms with E-state index in [1.165, 1.54) is 17.5 Å². The number of hydrogen-bond donors (Lipinski definition) is 1. The van der Waals surface area contributed by atoms with Gasteiger partial charge in [-0.3, -0.25) is 4.79 Å². The van der Waals surface area contributed by atoms with Crippen LogP contribution in [0.2, 0.25) is 0 Å². The van der Waals surface area contributed by atoms with Gasteiger partial charge in [0.15, 0.2) is 0 Å². The number of piperidine rings is 1. The van der Waals surface area contributed by atoms with Crippen molar-refractivity contribution >= 4 is 21.8 Å². The van der Waals surface area contributed by atoms with E-state index >= 15 is 0 Å². The fourth-order valence-corrected chi connectivity index (χ4v) is 2.88. The van der Waals surface area contributed by atoms with Crippen LogP contribution >= 0.6 is 15.9 Å². The van der Waals surface area contributed by atoms with E-state index in [1.54, 1.807) is 0 Å². The lowest BCUT2D eigenvalue weighted by Crippen LogP contribution is -2.47. The van der Waals surface area contributed by atoms with Crippen LogP contribution in [0.1, 0.15) is 30.4 Å². The predicted molar refractivity (Wildman–Crippen MR) is 81.0 cm³/mol. The number of nitrogens with zero attached hydrogens (tertiary/aromatic N) is 1. The minimum atomic E-state index is 0.00575. The Bertz CT molecular complexity index is 455. The number of carbonyl (C=O) groups is 1. The summed E-state index contributed by atoms with van der Waals surface area (Å²) in [5.41, 5.74) is 2.42. The van der Waals surface area contributed by atoms with Crippen molar-refractivity contribution in [2.75, 3.05) is 13.6 Å². The molecule has 1 aromatic rings. The predicted octanol–water partition coefficient (Wildman–Crippen LogP) is 2.86. The number of carbonyl (C=O) groups excluding carboxylic acids is 1. The number of halogens is 1. The third kappa shape index (κ3) is 3.80. The molecule has 1 unspecified atom stereocenters. The number of rotatable bonds is 3. The molecule has 0 aromatic heterocycles. The van der Waals surface area contributed by atoms with E-state index in [4.69, 9.17) is 0 Å². The molecule has 0 saturated carbocycles. The first-order valence-electron chi connectivity index (χ1n) is 6.81. The number of hydrogen-bond acceptors (Lipinski definition) is 2. The Balaban J connectivity index is 2.01. The Labute approximate surface area is 123 Å². The van der Waals surface area contributed by atoms with Gasteiger partial charge in [0, 0.05) is 18.1 Å². The highest BCUT2D eigenvalue weighted by Crippen LogP contribution is 2.18. The Kier molecular flexibility index (Phi) is 4.99. The summed E-state index contributed by atoms with van der Waals surface area (Å²) in [4.78, 5) is 14.2. The van der Waals surface area contributed by atoms with Gasteiger partial charge in [-0.25, -0.2) is 0 Å². The summed E-state index contributed by atoms with van der Waals surface area (Å²) < 4.78 is 1.06. The molecule has 0 bridgehead atoms. The second-order valence-corrected chi connectivity index (χ2v) is 6.18. The molecule has 2 rings (SSSR count). The molecule has 19 heavy (non-hydrogen) atoms. The molecule has 1 saturated heterocycles. The molecule has 1 aliphatic rings. The van der Waals surface area contributed by atoms with Gasteiger partial charge in [-0.1, -0.05) is 28.4 Å². The zero-order chi connectivity index (χ0) is 13.8. The number of nitrogens with one attached hydrogen (secondary N) is 1. The molecule has 0 aliphatic carbocycles. The van der Waals surface area contributed by atoms with Gasteiger partial charge in [0.25, 0.3) is 0 Å². The van der Waals surface area contributed by atoms with E-state index in [9.17, 15) is 4.79 Å². The molecular weight excluding hydrogens is 304 g/mol. The summed E-state index contributed by atoms with van der Waals surface area (Å²) in [5, 5.41) is 3.31. The number of likely N-dealkylation sites (N-methyl/N-ethyl adjacent to an activating group) is 1. The molecule has 4 heteroatoms. The van der Waals surface area contributed by atoms with Gasteiger partial charge < -0.3 is 10.2 Å². The van der Waals surface area contributed by atoms with Crippen molar-refractivity contribution < 1.29 is 4.79 Å². The fraction of sp³-hybridized carbons (Fsp3) is 0.533.